The van der Waals surface area contributed by atoms with Crippen molar-refractivity contribution in [1.82, 2.24) is 0 Å². The molecule has 0 radical (unpaired) electrons. The summed E-state index contributed by atoms with van der Waals surface area (Å²) >= 11 is 0.152. The molecule has 70 valence electrons. The zero-order valence-corrected chi connectivity index (χ0v) is 9.53. The number of hydrogen-bond acceptors (Lipinski definition) is 2. The second kappa shape index (κ2) is 3.02. The first-order valence-electron chi connectivity index (χ1n) is 4.43. The molecule has 0 unspecified atom stereocenters. The van der Waals surface area contributed by atoms with Gasteiger partial charge in [0.25, 0.3) is 0 Å². The van der Waals surface area contributed by atoms with Crippen molar-refractivity contribution < 1.29 is 5.11 Å². The molecule has 0 amide bonds. The summed E-state index contributed by atoms with van der Waals surface area (Å²) < 4.78 is 0.674. The Morgan fingerprint density at radius 1 is 1.46 bits per heavy atom. The van der Waals surface area contributed by atoms with Gasteiger partial charge in [0.15, 0.2) is 0 Å². The molecule has 1 N–H and O–H groups in total. The van der Waals surface area contributed by atoms with Gasteiger partial charge in [-0.25, -0.2) is 0 Å². The number of rotatable bonds is 1. The third-order valence-electron chi connectivity index (χ3n) is 2.28. The van der Waals surface area contributed by atoms with Gasteiger partial charge in [0, 0.05) is 0 Å². The molecular weight excluding hydrogens is 229 g/mol. The molecule has 0 fully saturated rings. The summed E-state index contributed by atoms with van der Waals surface area (Å²) in [6, 6.07) is 8.26. The normalized spacial score (nSPS) is 26.2. The van der Waals surface area contributed by atoms with Gasteiger partial charge in [-0.1, -0.05) is 0 Å². The maximum absolute atomic E-state index is 10.1. The van der Waals surface area contributed by atoms with Crippen LogP contribution in [-0.2, 0) is 0 Å². The number of hydrogen-bond donors (Lipinski definition) is 1. The van der Waals surface area contributed by atoms with E-state index in [-0.39, 0.29) is 15.0 Å². The average molecular weight is 242 g/mol. The van der Waals surface area contributed by atoms with Crippen LogP contribution in [0.3, 0.4) is 0 Å². The first-order chi connectivity index (χ1) is 6.15. The monoisotopic (exact) mass is 243 g/mol. The zero-order valence-electron chi connectivity index (χ0n) is 7.82. The van der Waals surface area contributed by atoms with Gasteiger partial charge in [0.2, 0.25) is 0 Å². The van der Waals surface area contributed by atoms with E-state index in [1.54, 1.807) is 0 Å². The Labute approximate surface area is 84.7 Å². The Balaban J connectivity index is 2.46. The minimum absolute atomic E-state index is 0.152. The summed E-state index contributed by atoms with van der Waals surface area (Å²) in [7, 11) is 0. The topological polar surface area (TPSA) is 23.5 Å². The van der Waals surface area contributed by atoms with Gasteiger partial charge in [-0.2, -0.15) is 0 Å². The van der Waals surface area contributed by atoms with Crippen molar-refractivity contribution in [3.05, 3.63) is 24.3 Å². The minimum atomic E-state index is -0.633. The molecule has 0 saturated heterocycles. The molecule has 3 heteroatoms. The zero-order chi connectivity index (χ0) is 9.47. The summed E-state index contributed by atoms with van der Waals surface area (Å²) in [5.41, 5.74) is 1.20. The van der Waals surface area contributed by atoms with E-state index in [4.69, 9.17) is 0 Å². The van der Waals surface area contributed by atoms with E-state index < -0.39 is 4.62 Å². The second-order valence-electron chi connectivity index (χ2n) is 3.25. The molecule has 1 aliphatic heterocycles. The quantitative estimate of drug-likeness (QED) is 0.726. The number of benzene rings is 1. The van der Waals surface area contributed by atoms with Crippen LogP contribution in [0.25, 0.3) is 0 Å². The fraction of sp³-hybridized carbons (Fsp3) is 0.400. The van der Waals surface area contributed by atoms with Crippen molar-refractivity contribution in [2.24, 2.45) is 0 Å². The SMILES string of the molecule is CCN1c2ccccc2[Se][C@@]1(C)O. The molecule has 2 nitrogen and oxygen atoms in total. The van der Waals surface area contributed by atoms with Crippen molar-refractivity contribution in [2.75, 3.05) is 11.4 Å². The standard InChI is InChI=1S/C10H13NOSe/c1-3-11-8-6-4-5-7-9(8)13-10(11,2)12/h4-7,12H,3H2,1-2H3/t10-/m1/s1. The molecule has 1 aromatic rings. The first-order valence-corrected chi connectivity index (χ1v) is 6.14. The van der Waals surface area contributed by atoms with Crippen molar-refractivity contribution in [2.45, 2.75) is 18.5 Å². The number of fused-ring (bicyclic) bond motifs is 1. The Hall–Kier alpha value is -0.501. The maximum atomic E-state index is 10.1. The van der Waals surface area contributed by atoms with Crippen LogP contribution in [0.4, 0.5) is 5.69 Å². The van der Waals surface area contributed by atoms with E-state index in [2.05, 4.69) is 24.0 Å². The second-order valence-corrected chi connectivity index (χ2v) is 6.22. The summed E-state index contributed by atoms with van der Waals surface area (Å²) in [6.45, 7) is 4.84. The Bertz CT molecular complexity index is 324. The molecule has 0 saturated carbocycles. The van der Waals surface area contributed by atoms with Crippen LogP contribution < -0.4 is 9.36 Å². The van der Waals surface area contributed by atoms with E-state index in [9.17, 15) is 5.11 Å². The van der Waals surface area contributed by atoms with Crippen LogP contribution in [0.5, 0.6) is 0 Å². The molecule has 0 spiro atoms. The van der Waals surface area contributed by atoms with Crippen LogP contribution in [-0.4, -0.2) is 31.2 Å². The number of aliphatic hydroxyl groups is 1. The van der Waals surface area contributed by atoms with Gasteiger partial charge in [0.1, 0.15) is 0 Å². The fourth-order valence-corrected chi connectivity index (χ4v) is 4.20. The van der Waals surface area contributed by atoms with Gasteiger partial charge in [-0.05, 0) is 0 Å². The molecule has 1 atom stereocenters. The van der Waals surface area contributed by atoms with Gasteiger partial charge in [-0.15, -0.1) is 0 Å². The Kier molecular flexibility index (Phi) is 2.10. The van der Waals surface area contributed by atoms with E-state index >= 15 is 0 Å². The van der Waals surface area contributed by atoms with Gasteiger partial charge < -0.3 is 0 Å². The summed E-state index contributed by atoms with van der Waals surface area (Å²) in [4.78, 5) is 2.07. The predicted octanol–water partition coefficient (Wildman–Crippen LogP) is 0.522. The fourth-order valence-electron chi connectivity index (χ4n) is 1.72. The van der Waals surface area contributed by atoms with Crippen molar-refractivity contribution in [3.8, 4) is 0 Å². The van der Waals surface area contributed by atoms with Crippen LogP contribution in [0.15, 0.2) is 24.3 Å². The Morgan fingerprint density at radius 2 is 2.15 bits per heavy atom. The van der Waals surface area contributed by atoms with Crippen molar-refractivity contribution in [1.29, 1.82) is 0 Å². The van der Waals surface area contributed by atoms with Crippen LogP contribution in [0.1, 0.15) is 13.8 Å². The predicted molar refractivity (Wildman–Crippen MR) is 55.5 cm³/mol. The first kappa shape index (κ1) is 9.07. The van der Waals surface area contributed by atoms with Crippen LogP contribution >= 0.6 is 0 Å². The molecule has 13 heavy (non-hydrogen) atoms. The van der Waals surface area contributed by atoms with E-state index in [0.717, 1.165) is 6.54 Å². The van der Waals surface area contributed by atoms with Gasteiger partial charge >= 0.3 is 84.4 Å². The van der Waals surface area contributed by atoms with E-state index in [1.165, 1.54) is 10.1 Å². The number of nitrogens with zero attached hydrogens (tertiary/aromatic N) is 1. The van der Waals surface area contributed by atoms with E-state index in [0.29, 0.717) is 0 Å². The summed E-state index contributed by atoms with van der Waals surface area (Å²) in [5.74, 6) is 0. The third kappa shape index (κ3) is 1.37. The van der Waals surface area contributed by atoms with E-state index in [1.807, 2.05) is 19.1 Å². The summed E-state index contributed by atoms with van der Waals surface area (Å²) in [6.07, 6.45) is 0. The molecule has 1 heterocycles. The molecule has 0 aromatic heterocycles. The van der Waals surface area contributed by atoms with Crippen molar-refractivity contribution >= 4 is 25.1 Å². The molecule has 0 aliphatic carbocycles. The molecule has 0 bridgehead atoms. The molecule has 1 aliphatic rings. The Morgan fingerprint density at radius 3 is 2.85 bits per heavy atom. The number of anilines is 1. The summed E-state index contributed by atoms with van der Waals surface area (Å²) in [5, 5.41) is 10.1. The third-order valence-corrected chi connectivity index (χ3v) is 4.74. The molecular formula is C10H13NOSe. The van der Waals surface area contributed by atoms with Crippen LogP contribution in [0, 0.1) is 0 Å². The number of para-hydroxylation sites is 1. The average Bonchev–Trinajstić information content (AvgIpc) is 2.33. The van der Waals surface area contributed by atoms with Crippen LogP contribution in [0.2, 0.25) is 0 Å². The molecule has 1 aromatic carbocycles. The van der Waals surface area contributed by atoms with Gasteiger partial charge in [0.05, 0.1) is 0 Å². The molecule has 2 rings (SSSR count). The van der Waals surface area contributed by atoms with Gasteiger partial charge in [-0.3, -0.25) is 0 Å². The van der Waals surface area contributed by atoms with Crippen molar-refractivity contribution in [3.63, 3.8) is 0 Å².